The summed E-state index contributed by atoms with van der Waals surface area (Å²) in [5.41, 5.74) is 3.54. The van der Waals surface area contributed by atoms with E-state index < -0.39 is 16.1 Å². The third kappa shape index (κ3) is 3.35. The van der Waals surface area contributed by atoms with Gasteiger partial charge in [-0.25, -0.2) is 13.4 Å². The highest BCUT2D eigenvalue weighted by Gasteiger charge is 2.35. The Hall–Kier alpha value is -3.00. The summed E-state index contributed by atoms with van der Waals surface area (Å²) in [6.07, 6.45) is 3.18. The summed E-state index contributed by atoms with van der Waals surface area (Å²) in [5.74, 6) is 0.690. The maximum absolute atomic E-state index is 12.3. The van der Waals surface area contributed by atoms with E-state index in [-0.39, 0.29) is 0 Å². The summed E-state index contributed by atoms with van der Waals surface area (Å²) in [6.45, 7) is 0. The predicted octanol–water partition coefficient (Wildman–Crippen LogP) is 2.75. The van der Waals surface area contributed by atoms with Crippen molar-refractivity contribution in [2.45, 2.75) is 12.5 Å². The van der Waals surface area contributed by atoms with Crippen molar-refractivity contribution >= 4 is 26.8 Å². The van der Waals surface area contributed by atoms with Crippen LogP contribution in [-0.4, -0.2) is 41.9 Å². The average molecular weight is 382 g/mol. The van der Waals surface area contributed by atoms with Gasteiger partial charge in [-0.2, -0.15) is 9.52 Å². The van der Waals surface area contributed by atoms with Crippen LogP contribution in [-0.2, 0) is 10.0 Å². The highest BCUT2D eigenvalue weighted by molar-refractivity contribution is 7.88. The van der Waals surface area contributed by atoms with E-state index in [9.17, 15) is 8.42 Å². The van der Waals surface area contributed by atoms with E-state index >= 15 is 0 Å². The lowest BCUT2D eigenvalue weighted by Crippen LogP contribution is -2.26. The van der Waals surface area contributed by atoms with E-state index in [4.69, 9.17) is 4.74 Å². The van der Waals surface area contributed by atoms with Gasteiger partial charge in [0.15, 0.2) is 0 Å². The van der Waals surface area contributed by atoms with Crippen LogP contribution < -0.4 is 4.74 Å². The van der Waals surface area contributed by atoms with Crippen LogP contribution in [0.4, 0.5) is 0 Å². The molecular weight excluding hydrogens is 364 g/mol. The quantitative estimate of drug-likeness (QED) is 0.693. The molecule has 0 saturated heterocycles. The number of hydrazone groups is 1. The van der Waals surface area contributed by atoms with Gasteiger partial charge in [0.2, 0.25) is 10.0 Å². The summed E-state index contributed by atoms with van der Waals surface area (Å²) in [4.78, 5) is 9.03. The van der Waals surface area contributed by atoms with Gasteiger partial charge in [0.05, 0.1) is 42.0 Å². The number of nitrogens with zero attached hydrogens (tertiary/aromatic N) is 4. The first-order valence-corrected chi connectivity index (χ1v) is 10.2. The van der Waals surface area contributed by atoms with Crippen LogP contribution in [0.25, 0.3) is 11.0 Å². The summed E-state index contributed by atoms with van der Waals surface area (Å²) in [7, 11) is -1.97. The minimum Gasteiger partial charge on any atom is -0.497 e. The number of sulfonamides is 1. The molecule has 0 bridgehead atoms. The summed E-state index contributed by atoms with van der Waals surface area (Å²) in [6, 6.07) is 14.4. The molecule has 2 heterocycles. The topological polar surface area (TPSA) is 84.8 Å². The molecule has 0 unspecified atom stereocenters. The van der Waals surface area contributed by atoms with E-state index in [1.807, 2.05) is 48.5 Å². The third-order valence-corrected chi connectivity index (χ3v) is 5.44. The molecule has 1 aliphatic heterocycles. The fourth-order valence-corrected chi connectivity index (χ4v) is 4.02. The second-order valence-electron chi connectivity index (χ2n) is 6.32. The highest BCUT2D eigenvalue weighted by atomic mass is 32.2. The van der Waals surface area contributed by atoms with Crippen molar-refractivity contribution in [3.05, 3.63) is 66.0 Å². The number of hydrogen-bond donors (Lipinski definition) is 0. The molecule has 3 aromatic rings. The van der Waals surface area contributed by atoms with E-state index in [1.165, 1.54) is 0 Å². The number of fused-ring (bicyclic) bond motifs is 1. The summed E-state index contributed by atoms with van der Waals surface area (Å²) >= 11 is 0. The van der Waals surface area contributed by atoms with Crippen molar-refractivity contribution in [1.29, 1.82) is 0 Å². The molecule has 0 fully saturated rings. The van der Waals surface area contributed by atoms with Crippen molar-refractivity contribution in [3.8, 4) is 5.75 Å². The lowest BCUT2D eigenvalue weighted by molar-refractivity contribution is 0.368. The van der Waals surface area contributed by atoms with Crippen LogP contribution >= 0.6 is 0 Å². The minimum atomic E-state index is -3.56. The molecule has 1 atom stereocenters. The van der Waals surface area contributed by atoms with Gasteiger partial charge in [-0.3, -0.25) is 4.98 Å². The molecule has 0 amide bonds. The average Bonchev–Trinajstić information content (AvgIpc) is 3.14. The molecular formula is C19H18N4O3S. The zero-order valence-corrected chi connectivity index (χ0v) is 15.7. The van der Waals surface area contributed by atoms with Crippen LogP contribution in [0.3, 0.4) is 0 Å². The number of rotatable bonds is 4. The molecule has 27 heavy (non-hydrogen) atoms. The fraction of sp³-hybridized carbons (Fsp3) is 0.211. The number of aromatic nitrogens is 2. The lowest BCUT2D eigenvalue weighted by atomic mass is 10.0. The number of para-hydroxylation sites is 2. The molecule has 1 aromatic heterocycles. The van der Waals surface area contributed by atoms with Crippen molar-refractivity contribution in [1.82, 2.24) is 14.4 Å². The molecule has 0 N–H and O–H groups in total. The normalized spacial score (nSPS) is 17.2. The van der Waals surface area contributed by atoms with Gasteiger partial charge < -0.3 is 4.74 Å². The molecule has 1 aliphatic rings. The Kier molecular flexibility index (Phi) is 4.27. The zero-order valence-electron chi connectivity index (χ0n) is 14.9. The first-order valence-electron chi connectivity index (χ1n) is 8.39. The lowest BCUT2D eigenvalue weighted by Gasteiger charge is -2.20. The summed E-state index contributed by atoms with van der Waals surface area (Å²) in [5, 5.41) is 4.38. The Morgan fingerprint density at radius 2 is 1.89 bits per heavy atom. The maximum atomic E-state index is 12.3. The number of benzene rings is 2. The van der Waals surface area contributed by atoms with Gasteiger partial charge in [-0.05, 0) is 24.3 Å². The summed E-state index contributed by atoms with van der Waals surface area (Å²) < 4.78 is 31.0. The van der Waals surface area contributed by atoms with Crippen LogP contribution in [0.15, 0.2) is 59.8 Å². The third-order valence-electron chi connectivity index (χ3n) is 4.42. The second-order valence-corrected chi connectivity index (χ2v) is 8.16. The number of hydrogen-bond acceptors (Lipinski definition) is 6. The molecule has 138 valence electrons. The Morgan fingerprint density at radius 3 is 2.63 bits per heavy atom. The van der Waals surface area contributed by atoms with Crippen LogP contribution in [0.2, 0.25) is 0 Å². The van der Waals surface area contributed by atoms with Crippen LogP contribution in [0, 0.1) is 0 Å². The van der Waals surface area contributed by atoms with Gasteiger partial charge in [-0.15, -0.1) is 0 Å². The van der Waals surface area contributed by atoms with E-state index in [1.54, 1.807) is 13.3 Å². The fourth-order valence-electron chi connectivity index (χ4n) is 3.12. The molecule has 0 radical (unpaired) electrons. The molecule has 4 rings (SSSR count). The molecule has 0 saturated carbocycles. The SMILES string of the molecule is COc1cccc(C2=NN(S(C)(=O)=O)[C@H](c3cnc4ccccc4n3)C2)c1. The Bertz CT molecular complexity index is 1140. The van der Waals surface area contributed by atoms with Gasteiger partial charge >= 0.3 is 0 Å². The van der Waals surface area contributed by atoms with Gasteiger partial charge in [-0.1, -0.05) is 24.3 Å². The minimum absolute atomic E-state index is 0.410. The Morgan fingerprint density at radius 1 is 1.11 bits per heavy atom. The Balaban J connectivity index is 1.76. The number of ether oxygens (including phenoxy) is 1. The zero-order chi connectivity index (χ0) is 19.0. The van der Waals surface area contributed by atoms with Crippen molar-refractivity contribution < 1.29 is 13.2 Å². The van der Waals surface area contributed by atoms with E-state index in [2.05, 4.69) is 15.1 Å². The van der Waals surface area contributed by atoms with Crippen molar-refractivity contribution in [3.63, 3.8) is 0 Å². The van der Waals surface area contributed by atoms with Gasteiger partial charge in [0, 0.05) is 12.0 Å². The smallest absolute Gasteiger partial charge is 0.247 e. The molecule has 2 aromatic carbocycles. The maximum Gasteiger partial charge on any atom is 0.247 e. The monoisotopic (exact) mass is 382 g/mol. The molecule has 7 nitrogen and oxygen atoms in total. The van der Waals surface area contributed by atoms with Crippen LogP contribution in [0.1, 0.15) is 23.7 Å². The first-order chi connectivity index (χ1) is 13.0. The predicted molar refractivity (Wildman–Crippen MR) is 103 cm³/mol. The molecule has 0 aliphatic carbocycles. The first kappa shape index (κ1) is 17.4. The standard InChI is InChI=1S/C19H18N4O3S/c1-26-14-7-5-6-13(10-14)17-11-19(23(22-17)27(2,24)25)18-12-20-15-8-3-4-9-16(15)21-18/h3-10,12,19H,11H2,1-2H3/t19-/m0/s1. The highest BCUT2D eigenvalue weighted by Crippen LogP contribution is 2.34. The van der Waals surface area contributed by atoms with E-state index in [0.717, 1.165) is 27.3 Å². The van der Waals surface area contributed by atoms with Crippen molar-refractivity contribution in [2.75, 3.05) is 13.4 Å². The Labute approximate surface area is 157 Å². The molecule has 8 heteroatoms. The van der Waals surface area contributed by atoms with Gasteiger partial charge in [0.1, 0.15) is 11.8 Å². The molecule has 0 spiro atoms. The largest absolute Gasteiger partial charge is 0.497 e. The second kappa shape index (κ2) is 6.62. The van der Waals surface area contributed by atoms with Crippen molar-refractivity contribution in [2.24, 2.45) is 5.10 Å². The van der Waals surface area contributed by atoms with E-state index in [0.29, 0.717) is 23.6 Å². The number of methoxy groups -OCH3 is 1. The van der Waals surface area contributed by atoms with Crippen LogP contribution in [0.5, 0.6) is 5.75 Å². The van der Waals surface area contributed by atoms with Gasteiger partial charge in [0.25, 0.3) is 0 Å².